The maximum atomic E-state index is 12.9. The van der Waals surface area contributed by atoms with Crippen molar-refractivity contribution in [3.8, 4) is 0 Å². The lowest BCUT2D eigenvalue weighted by molar-refractivity contribution is -0.870. The van der Waals surface area contributed by atoms with Crippen LogP contribution in [0.15, 0.2) is 122 Å². The molecule has 0 saturated carbocycles. The van der Waals surface area contributed by atoms with E-state index >= 15 is 0 Å². The van der Waals surface area contributed by atoms with Crippen LogP contribution in [-0.4, -0.2) is 74.9 Å². The maximum absolute atomic E-state index is 12.9. The van der Waals surface area contributed by atoms with E-state index in [4.69, 9.17) is 18.5 Å². The smallest absolute Gasteiger partial charge is 0.462 e. The predicted molar refractivity (Wildman–Crippen MR) is 376 cm³/mol. The van der Waals surface area contributed by atoms with E-state index < -0.39 is 26.5 Å². The van der Waals surface area contributed by atoms with Crippen molar-refractivity contribution in [3.63, 3.8) is 0 Å². The van der Waals surface area contributed by atoms with Gasteiger partial charge in [-0.25, -0.2) is 4.57 Å². The Balaban J connectivity index is 4.07. The number of hydrogen-bond acceptors (Lipinski definition) is 7. The van der Waals surface area contributed by atoms with Gasteiger partial charge in [0.1, 0.15) is 19.8 Å². The van der Waals surface area contributed by atoms with Crippen LogP contribution in [-0.2, 0) is 32.7 Å². The van der Waals surface area contributed by atoms with Gasteiger partial charge in [-0.1, -0.05) is 322 Å². The van der Waals surface area contributed by atoms with E-state index in [0.717, 1.165) is 109 Å². The largest absolute Gasteiger partial charge is 0.472 e. The highest BCUT2D eigenvalue weighted by Crippen LogP contribution is 2.43. The molecule has 0 aliphatic carbocycles. The lowest BCUT2D eigenvalue weighted by Crippen LogP contribution is -2.37. The molecule has 87 heavy (non-hydrogen) atoms. The molecule has 0 amide bonds. The Morgan fingerprint density at radius 3 is 0.977 bits per heavy atom. The Labute approximate surface area is 537 Å². The Kier molecular flexibility index (Phi) is 64.1. The molecule has 0 bridgehead atoms. The third kappa shape index (κ3) is 71.4. The number of ether oxygens (including phenoxy) is 2. The second-order valence-corrected chi connectivity index (χ2v) is 26.4. The standard InChI is InChI=1S/C77H134NO8P/c1-6-8-10-12-14-16-18-20-22-24-26-28-30-31-32-33-34-35-36-37-38-39-40-41-42-43-44-45-46-47-48-50-52-54-56-58-60-62-64-66-68-70-77(80)86-75(74-85-87(81,82)84-72-71-78(3,4)5)73-83-76(79)69-67-65-63-61-59-57-55-53-51-49-29-27-25-23-21-19-17-15-13-11-9-7-2/h8,10,14,16,20,22,26,28,31-32,34-35,37-38,40-41,43-44,46-47,75H,6-7,9,11-13,15,17-19,21,23-25,27,29-30,33,36,39,42,45,48-74H2,1-5H3/p+1/b10-8-,16-14-,22-20-,28-26-,32-31-,35-34-,38-37-,41-40-,44-43-,47-46-. The van der Waals surface area contributed by atoms with Gasteiger partial charge in [-0.15, -0.1) is 0 Å². The molecule has 0 fully saturated rings. The lowest BCUT2D eigenvalue weighted by atomic mass is 10.0. The van der Waals surface area contributed by atoms with Crippen LogP contribution in [0.25, 0.3) is 0 Å². The highest BCUT2D eigenvalue weighted by molar-refractivity contribution is 7.47. The molecule has 0 aromatic rings. The number of esters is 2. The molecule has 0 aromatic heterocycles. The topological polar surface area (TPSA) is 108 Å². The van der Waals surface area contributed by atoms with Crippen molar-refractivity contribution in [1.29, 1.82) is 0 Å². The number of carbonyl (C=O) groups is 2. The minimum absolute atomic E-state index is 0.0278. The van der Waals surface area contributed by atoms with Crippen LogP contribution in [0.2, 0.25) is 0 Å². The Bertz CT molecular complexity index is 1880. The molecule has 0 aliphatic heterocycles. The molecule has 2 unspecified atom stereocenters. The molecule has 500 valence electrons. The van der Waals surface area contributed by atoms with Crippen molar-refractivity contribution in [3.05, 3.63) is 122 Å². The van der Waals surface area contributed by atoms with Gasteiger partial charge in [-0.05, 0) is 89.9 Å². The summed E-state index contributed by atoms with van der Waals surface area (Å²) in [6.45, 7) is 4.35. The first-order valence-corrected chi connectivity index (χ1v) is 37.3. The Morgan fingerprint density at radius 2 is 0.655 bits per heavy atom. The summed E-state index contributed by atoms with van der Waals surface area (Å²) < 4.78 is 34.7. The summed E-state index contributed by atoms with van der Waals surface area (Å²) in [5.41, 5.74) is 0. The highest BCUT2D eigenvalue weighted by atomic mass is 31.2. The minimum Gasteiger partial charge on any atom is -0.462 e. The summed E-state index contributed by atoms with van der Waals surface area (Å²) in [4.78, 5) is 35.9. The van der Waals surface area contributed by atoms with Crippen molar-refractivity contribution in [2.45, 2.75) is 309 Å². The molecule has 0 aromatic carbocycles. The highest BCUT2D eigenvalue weighted by Gasteiger charge is 2.27. The van der Waals surface area contributed by atoms with Crippen LogP contribution < -0.4 is 0 Å². The summed E-state index contributed by atoms with van der Waals surface area (Å²) in [6.07, 6.45) is 95.9. The summed E-state index contributed by atoms with van der Waals surface area (Å²) >= 11 is 0. The van der Waals surface area contributed by atoms with Crippen molar-refractivity contribution in [2.24, 2.45) is 0 Å². The van der Waals surface area contributed by atoms with Gasteiger partial charge in [-0.2, -0.15) is 0 Å². The van der Waals surface area contributed by atoms with Gasteiger partial charge < -0.3 is 18.9 Å². The van der Waals surface area contributed by atoms with E-state index in [1.165, 1.54) is 161 Å². The van der Waals surface area contributed by atoms with Gasteiger partial charge in [0.15, 0.2) is 6.10 Å². The van der Waals surface area contributed by atoms with E-state index in [2.05, 4.69) is 135 Å². The number of allylic oxidation sites excluding steroid dienone is 20. The Morgan fingerprint density at radius 1 is 0.368 bits per heavy atom. The van der Waals surface area contributed by atoms with Gasteiger partial charge in [0.2, 0.25) is 0 Å². The van der Waals surface area contributed by atoms with Crippen LogP contribution >= 0.6 is 7.82 Å². The minimum atomic E-state index is -4.40. The van der Waals surface area contributed by atoms with Gasteiger partial charge >= 0.3 is 19.8 Å². The third-order valence-electron chi connectivity index (χ3n) is 15.3. The van der Waals surface area contributed by atoms with Gasteiger partial charge in [0, 0.05) is 12.8 Å². The molecule has 0 radical (unpaired) electrons. The normalized spacial score (nSPS) is 13.9. The molecular weight excluding hydrogens is 1100 g/mol. The average Bonchev–Trinajstić information content (AvgIpc) is 3.50. The molecule has 2 atom stereocenters. The SMILES string of the molecule is CC/C=C\C/C=C\C/C=C\C/C=C\C/C=C\C/C=C\C/C=C\C/C=C\C/C=C\C/C=C\CCCCCCCCCCCCC(=O)OC(COC(=O)CCCCCCCCCCCCCCCCCCCCCCCC)COP(=O)(O)OCC[N+](C)(C)C. The van der Waals surface area contributed by atoms with Crippen LogP contribution in [0, 0.1) is 0 Å². The number of unbranched alkanes of at least 4 members (excludes halogenated alkanes) is 31. The first kappa shape index (κ1) is 83.4. The van der Waals surface area contributed by atoms with E-state index in [1.54, 1.807) is 0 Å². The van der Waals surface area contributed by atoms with Gasteiger partial charge in [0.25, 0.3) is 0 Å². The zero-order valence-corrected chi connectivity index (χ0v) is 57.9. The number of rotatable bonds is 65. The molecule has 0 spiro atoms. The number of quaternary nitrogens is 1. The maximum Gasteiger partial charge on any atom is 0.472 e. The second kappa shape index (κ2) is 66.8. The molecule has 0 aliphatic rings. The van der Waals surface area contributed by atoms with E-state index in [9.17, 15) is 19.0 Å². The number of phosphoric ester groups is 1. The molecule has 0 saturated heterocycles. The second-order valence-electron chi connectivity index (χ2n) is 24.9. The van der Waals surface area contributed by atoms with Gasteiger partial charge in [0.05, 0.1) is 27.7 Å². The third-order valence-corrected chi connectivity index (χ3v) is 16.2. The van der Waals surface area contributed by atoms with Crippen molar-refractivity contribution < 1.29 is 42.1 Å². The molecule has 10 heteroatoms. The first-order valence-electron chi connectivity index (χ1n) is 35.8. The number of phosphoric acid groups is 1. The summed E-state index contributed by atoms with van der Waals surface area (Å²) in [5, 5.41) is 0. The quantitative estimate of drug-likeness (QED) is 0.0211. The molecule has 0 rings (SSSR count). The van der Waals surface area contributed by atoms with Crippen LogP contribution in [0.1, 0.15) is 303 Å². The van der Waals surface area contributed by atoms with Crippen LogP contribution in [0.4, 0.5) is 0 Å². The van der Waals surface area contributed by atoms with E-state index in [1.807, 2.05) is 21.1 Å². The van der Waals surface area contributed by atoms with E-state index in [0.29, 0.717) is 17.4 Å². The monoisotopic (exact) mass is 1230 g/mol. The molecule has 9 nitrogen and oxygen atoms in total. The van der Waals surface area contributed by atoms with Crippen molar-refractivity contribution in [1.82, 2.24) is 0 Å². The predicted octanol–water partition coefficient (Wildman–Crippen LogP) is 23.4. The fourth-order valence-electron chi connectivity index (χ4n) is 9.81. The number of likely N-dealkylation sites (N-methyl/N-ethyl adjacent to an activating group) is 1. The zero-order valence-electron chi connectivity index (χ0n) is 57.0. The van der Waals surface area contributed by atoms with Crippen molar-refractivity contribution >= 4 is 19.8 Å². The van der Waals surface area contributed by atoms with Crippen LogP contribution in [0.3, 0.4) is 0 Å². The molecule has 1 N–H and O–H groups in total. The summed E-state index contributed by atoms with van der Waals surface area (Å²) in [7, 11) is 1.47. The summed E-state index contributed by atoms with van der Waals surface area (Å²) in [6, 6.07) is 0. The fraction of sp³-hybridized carbons (Fsp3) is 0.714. The zero-order chi connectivity index (χ0) is 63.4. The number of hydrogen-bond donors (Lipinski definition) is 1. The van der Waals surface area contributed by atoms with Crippen LogP contribution in [0.5, 0.6) is 0 Å². The molecular formula is C77H135NO8P+. The molecule has 0 heterocycles. The van der Waals surface area contributed by atoms with E-state index in [-0.39, 0.29) is 32.0 Å². The van der Waals surface area contributed by atoms with Gasteiger partial charge in [-0.3, -0.25) is 18.6 Å². The number of carbonyl (C=O) groups excluding carboxylic acids is 2. The average molecular weight is 1230 g/mol. The number of nitrogens with zero attached hydrogens (tertiary/aromatic N) is 1. The Hall–Kier alpha value is -3.59. The first-order chi connectivity index (χ1) is 42.5. The lowest BCUT2D eigenvalue weighted by Gasteiger charge is -2.24. The van der Waals surface area contributed by atoms with Crippen molar-refractivity contribution in [2.75, 3.05) is 47.5 Å². The summed E-state index contributed by atoms with van der Waals surface area (Å²) in [5.74, 6) is -0.796. The fourth-order valence-corrected chi connectivity index (χ4v) is 10.6.